The first-order chi connectivity index (χ1) is 12.7. The van der Waals surface area contributed by atoms with Crippen LogP contribution in [0.3, 0.4) is 0 Å². The van der Waals surface area contributed by atoms with Gasteiger partial charge in [0.2, 0.25) is 5.60 Å². The minimum atomic E-state index is -5.02. The van der Waals surface area contributed by atoms with Crippen molar-refractivity contribution in [3.8, 4) is 0 Å². The molecule has 0 aliphatic heterocycles. The fourth-order valence-corrected chi connectivity index (χ4v) is 2.92. The van der Waals surface area contributed by atoms with Crippen LogP contribution in [0.5, 0.6) is 0 Å². The summed E-state index contributed by atoms with van der Waals surface area (Å²) in [6.07, 6.45) is 1.88. The van der Waals surface area contributed by atoms with Gasteiger partial charge in [-0.1, -0.05) is 42.0 Å². The van der Waals surface area contributed by atoms with Gasteiger partial charge in [0.1, 0.15) is 0 Å². The zero-order valence-electron chi connectivity index (χ0n) is 14.8. The second-order valence-corrected chi connectivity index (χ2v) is 6.52. The van der Waals surface area contributed by atoms with E-state index in [2.05, 4.69) is 11.4 Å². The first-order valence-electron chi connectivity index (χ1n) is 8.82. The predicted molar refractivity (Wildman–Crippen MR) is 93.6 cm³/mol. The van der Waals surface area contributed by atoms with Crippen molar-refractivity contribution in [2.24, 2.45) is 0 Å². The molecule has 0 fully saturated rings. The van der Waals surface area contributed by atoms with Gasteiger partial charge in [-0.05, 0) is 37.7 Å². The molecule has 0 saturated heterocycles. The minimum absolute atomic E-state index is 0.236. The minimum Gasteiger partial charge on any atom is -0.375 e. The summed E-state index contributed by atoms with van der Waals surface area (Å²) < 4.78 is 40.0. The fourth-order valence-electron chi connectivity index (χ4n) is 2.92. The number of rotatable bonds is 6. The summed E-state index contributed by atoms with van der Waals surface area (Å²) >= 11 is 0. The highest BCUT2D eigenvalue weighted by atomic mass is 19.4. The maximum atomic E-state index is 13.3. The van der Waals surface area contributed by atoms with Crippen molar-refractivity contribution < 1.29 is 27.9 Å². The monoisotopic (exact) mass is 384 g/mol. The van der Waals surface area contributed by atoms with Gasteiger partial charge in [-0.25, -0.2) is 0 Å². The highest BCUT2D eigenvalue weighted by Crippen LogP contribution is 2.38. The Bertz CT molecular complexity index is 689. The molecule has 8 heteroatoms. The molecule has 1 aliphatic carbocycles. The van der Waals surface area contributed by atoms with Crippen LogP contribution in [0, 0.1) is 0 Å². The molecular formula is C19H23F3N2O3. The molecule has 5 nitrogen and oxygen atoms in total. The van der Waals surface area contributed by atoms with Crippen LogP contribution in [0.15, 0.2) is 42.0 Å². The first-order valence-corrected chi connectivity index (χ1v) is 8.82. The van der Waals surface area contributed by atoms with Gasteiger partial charge in [0.25, 0.3) is 0 Å². The number of hydrogen-bond acceptors (Lipinski definition) is 3. The molecule has 1 unspecified atom stereocenters. The lowest BCUT2D eigenvalue weighted by Crippen LogP contribution is -2.53. The molecule has 27 heavy (non-hydrogen) atoms. The van der Waals surface area contributed by atoms with Crippen LogP contribution in [0.4, 0.5) is 13.2 Å². The van der Waals surface area contributed by atoms with E-state index in [4.69, 9.17) is 0 Å². The lowest BCUT2D eigenvalue weighted by atomic mass is 9.93. The molecule has 0 spiro atoms. The van der Waals surface area contributed by atoms with Gasteiger partial charge >= 0.3 is 18.0 Å². The molecule has 1 aromatic rings. The Labute approximate surface area is 155 Å². The van der Waals surface area contributed by atoms with Crippen molar-refractivity contribution in [1.29, 1.82) is 0 Å². The molecule has 148 valence electrons. The van der Waals surface area contributed by atoms with Crippen molar-refractivity contribution in [3.63, 3.8) is 0 Å². The third kappa shape index (κ3) is 5.56. The normalized spacial score (nSPS) is 16.8. The largest absolute Gasteiger partial charge is 0.423 e. The molecule has 0 radical (unpaired) electrons. The van der Waals surface area contributed by atoms with Crippen LogP contribution < -0.4 is 10.6 Å². The highest BCUT2D eigenvalue weighted by Gasteiger charge is 2.55. The Morgan fingerprint density at radius 3 is 2.30 bits per heavy atom. The quantitative estimate of drug-likeness (QED) is 0.521. The van der Waals surface area contributed by atoms with Crippen LogP contribution in [-0.4, -0.2) is 36.2 Å². The lowest BCUT2D eigenvalue weighted by molar-refractivity contribution is -0.264. The zero-order chi connectivity index (χ0) is 19.9. The van der Waals surface area contributed by atoms with E-state index >= 15 is 0 Å². The Kier molecular flexibility index (Phi) is 7.01. The van der Waals surface area contributed by atoms with Crippen molar-refractivity contribution in [3.05, 3.63) is 47.5 Å². The van der Waals surface area contributed by atoms with E-state index < -0.39 is 35.7 Å². The number of allylic oxidation sites excluding steroid dienone is 1. The predicted octanol–water partition coefficient (Wildman–Crippen LogP) is 2.56. The molecule has 0 bridgehead atoms. The first kappa shape index (κ1) is 21.0. The Hall–Kier alpha value is -2.35. The van der Waals surface area contributed by atoms with Crippen molar-refractivity contribution in [2.45, 2.75) is 43.9 Å². The lowest BCUT2D eigenvalue weighted by Gasteiger charge is -2.31. The number of benzene rings is 1. The number of halogens is 3. The molecule has 2 rings (SSSR count). The van der Waals surface area contributed by atoms with Gasteiger partial charge in [-0.2, -0.15) is 13.2 Å². The van der Waals surface area contributed by atoms with Crippen molar-refractivity contribution in [1.82, 2.24) is 10.6 Å². The van der Waals surface area contributed by atoms with Crippen molar-refractivity contribution in [2.75, 3.05) is 13.1 Å². The summed E-state index contributed by atoms with van der Waals surface area (Å²) in [6, 6.07) is 6.42. The number of amides is 2. The van der Waals surface area contributed by atoms with Gasteiger partial charge in [0, 0.05) is 6.54 Å². The zero-order valence-corrected chi connectivity index (χ0v) is 14.8. The van der Waals surface area contributed by atoms with E-state index in [9.17, 15) is 27.9 Å². The second kappa shape index (κ2) is 9.03. The van der Waals surface area contributed by atoms with E-state index in [1.165, 1.54) is 23.8 Å². The number of alkyl halides is 3. The summed E-state index contributed by atoms with van der Waals surface area (Å²) in [5, 5.41) is 14.4. The third-order valence-corrected chi connectivity index (χ3v) is 4.55. The SMILES string of the molecule is O=C(NCCC1=CCCCC1)C(=O)NCC(O)(c1ccccc1)C(F)(F)F. The Balaban J connectivity index is 1.89. The fraction of sp³-hybridized carbons (Fsp3) is 0.474. The maximum Gasteiger partial charge on any atom is 0.423 e. The van der Waals surface area contributed by atoms with Crippen LogP contribution in [0.2, 0.25) is 0 Å². The standard InChI is InChI=1S/C19H23F3N2O3/c20-19(21,22)18(27,15-9-5-2-6-10-15)13-24-17(26)16(25)23-12-11-14-7-3-1-4-8-14/h2,5-7,9-10,27H,1,3-4,8,11-13H2,(H,23,25)(H,24,26). The number of nitrogens with one attached hydrogen (secondary N) is 2. The molecule has 3 N–H and O–H groups in total. The summed E-state index contributed by atoms with van der Waals surface area (Å²) in [6.45, 7) is -0.918. The second-order valence-electron chi connectivity index (χ2n) is 6.52. The Morgan fingerprint density at radius 1 is 1.04 bits per heavy atom. The van der Waals surface area contributed by atoms with Gasteiger partial charge in [0.15, 0.2) is 0 Å². The molecule has 1 aromatic carbocycles. The van der Waals surface area contributed by atoms with Crippen LogP contribution in [-0.2, 0) is 15.2 Å². The highest BCUT2D eigenvalue weighted by molar-refractivity contribution is 6.35. The number of carbonyl (C=O) groups is 2. The third-order valence-electron chi connectivity index (χ3n) is 4.55. The summed E-state index contributed by atoms with van der Waals surface area (Å²) in [7, 11) is 0. The number of aliphatic hydroxyl groups is 1. The van der Waals surface area contributed by atoms with Crippen LogP contribution in [0.25, 0.3) is 0 Å². The van der Waals surface area contributed by atoms with Gasteiger partial charge in [0.05, 0.1) is 6.54 Å². The smallest absolute Gasteiger partial charge is 0.375 e. The van der Waals surface area contributed by atoms with E-state index in [1.54, 1.807) is 0 Å². The molecule has 1 aliphatic rings. The summed E-state index contributed by atoms with van der Waals surface area (Å²) in [4.78, 5) is 23.6. The topological polar surface area (TPSA) is 78.4 Å². The average molecular weight is 384 g/mol. The molecule has 0 heterocycles. The van der Waals surface area contributed by atoms with Gasteiger partial charge in [-0.3, -0.25) is 9.59 Å². The number of hydrogen-bond donors (Lipinski definition) is 3. The molecule has 0 saturated carbocycles. The van der Waals surface area contributed by atoms with E-state index in [0.717, 1.165) is 37.8 Å². The van der Waals surface area contributed by atoms with E-state index in [0.29, 0.717) is 6.42 Å². The molecule has 1 atom stereocenters. The van der Waals surface area contributed by atoms with Crippen LogP contribution >= 0.6 is 0 Å². The average Bonchev–Trinajstić information content (AvgIpc) is 2.66. The van der Waals surface area contributed by atoms with Gasteiger partial charge in [-0.15, -0.1) is 0 Å². The molecule has 0 aromatic heterocycles. The summed E-state index contributed by atoms with van der Waals surface area (Å²) in [5.74, 6) is -2.24. The Morgan fingerprint density at radius 2 is 1.70 bits per heavy atom. The van der Waals surface area contributed by atoms with Crippen molar-refractivity contribution >= 4 is 11.8 Å². The number of carbonyl (C=O) groups excluding carboxylic acids is 2. The maximum absolute atomic E-state index is 13.3. The van der Waals surface area contributed by atoms with E-state index in [1.807, 2.05) is 5.32 Å². The van der Waals surface area contributed by atoms with Gasteiger partial charge < -0.3 is 15.7 Å². The van der Waals surface area contributed by atoms with E-state index in [-0.39, 0.29) is 6.54 Å². The molecular weight excluding hydrogens is 361 g/mol. The molecule has 2 amide bonds. The summed E-state index contributed by atoms with van der Waals surface area (Å²) in [5.41, 5.74) is -2.49. The van der Waals surface area contributed by atoms with Crippen LogP contribution in [0.1, 0.15) is 37.7 Å².